The third kappa shape index (κ3) is 5.24. The quantitative estimate of drug-likeness (QED) is 0.855. The van der Waals surface area contributed by atoms with Crippen LogP contribution in [0.3, 0.4) is 0 Å². The van der Waals surface area contributed by atoms with Crippen LogP contribution in [0.2, 0.25) is 0 Å². The van der Waals surface area contributed by atoms with Crippen LogP contribution in [0.4, 0.5) is 4.79 Å². The van der Waals surface area contributed by atoms with Gasteiger partial charge in [0.05, 0.1) is 18.8 Å². The Kier molecular flexibility index (Phi) is 5.72. The Hall–Kier alpha value is -2.40. The van der Waals surface area contributed by atoms with Gasteiger partial charge in [0.1, 0.15) is 0 Å². The van der Waals surface area contributed by atoms with Crippen LogP contribution < -0.4 is 10.6 Å². The Morgan fingerprint density at radius 1 is 1.10 bits per heavy atom. The maximum atomic E-state index is 11.7. The van der Waals surface area contributed by atoms with Crippen molar-refractivity contribution in [3.63, 3.8) is 0 Å². The van der Waals surface area contributed by atoms with Crippen LogP contribution in [0.5, 0.6) is 0 Å². The van der Waals surface area contributed by atoms with E-state index in [1.807, 2.05) is 42.5 Å². The highest BCUT2D eigenvalue weighted by Crippen LogP contribution is 2.06. The standard InChI is InChI=1S/C16H19N3O2/c1-21-12-14-6-4-5-13(9-14)10-18-16(20)19-11-15-7-2-3-8-17-15/h2-9H,10-12H2,1H3,(H2,18,19,20). The Balaban J connectivity index is 1.77. The van der Waals surface area contributed by atoms with Crippen molar-refractivity contribution in [1.29, 1.82) is 0 Å². The molecule has 110 valence electrons. The summed E-state index contributed by atoms with van der Waals surface area (Å²) in [6.45, 7) is 1.46. The van der Waals surface area contributed by atoms with Crippen LogP contribution in [-0.2, 0) is 24.4 Å². The lowest BCUT2D eigenvalue weighted by atomic mass is 10.1. The van der Waals surface area contributed by atoms with E-state index in [0.29, 0.717) is 19.7 Å². The third-order valence-electron chi connectivity index (χ3n) is 2.91. The van der Waals surface area contributed by atoms with Gasteiger partial charge < -0.3 is 15.4 Å². The molecule has 5 nitrogen and oxygen atoms in total. The van der Waals surface area contributed by atoms with Crippen molar-refractivity contribution in [2.45, 2.75) is 19.7 Å². The van der Waals surface area contributed by atoms with E-state index in [1.54, 1.807) is 13.3 Å². The summed E-state index contributed by atoms with van der Waals surface area (Å²) in [7, 11) is 1.66. The summed E-state index contributed by atoms with van der Waals surface area (Å²) >= 11 is 0. The summed E-state index contributed by atoms with van der Waals surface area (Å²) in [4.78, 5) is 15.9. The van der Waals surface area contributed by atoms with Crippen LogP contribution in [0.25, 0.3) is 0 Å². The molecular formula is C16H19N3O2. The number of nitrogens with one attached hydrogen (secondary N) is 2. The number of ether oxygens (including phenoxy) is 1. The van der Waals surface area contributed by atoms with Gasteiger partial charge >= 0.3 is 6.03 Å². The molecular weight excluding hydrogens is 266 g/mol. The number of methoxy groups -OCH3 is 1. The van der Waals surface area contributed by atoms with Gasteiger partial charge in [-0.05, 0) is 23.3 Å². The molecule has 0 fully saturated rings. The van der Waals surface area contributed by atoms with Crippen LogP contribution in [0.15, 0.2) is 48.7 Å². The zero-order chi connectivity index (χ0) is 14.9. The number of urea groups is 1. The number of carbonyl (C=O) groups excluding carboxylic acids is 1. The van der Waals surface area contributed by atoms with Crippen molar-refractivity contribution in [1.82, 2.24) is 15.6 Å². The summed E-state index contributed by atoms with van der Waals surface area (Å²) in [5.41, 5.74) is 2.96. The van der Waals surface area contributed by atoms with Crippen LogP contribution in [0, 0.1) is 0 Å². The first-order valence-corrected chi connectivity index (χ1v) is 6.76. The molecule has 0 aliphatic rings. The molecule has 21 heavy (non-hydrogen) atoms. The van der Waals surface area contributed by atoms with Gasteiger partial charge in [-0.1, -0.05) is 30.3 Å². The first-order chi connectivity index (χ1) is 10.3. The van der Waals surface area contributed by atoms with Crippen LogP contribution in [0.1, 0.15) is 16.8 Å². The Bertz CT molecular complexity index is 573. The smallest absolute Gasteiger partial charge is 0.315 e. The largest absolute Gasteiger partial charge is 0.380 e. The number of carbonyl (C=O) groups is 1. The van der Waals surface area contributed by atoms with Crippen molar-refractivity contribution in [3.05, 3.63) is 65.5 Å². The molecule has 0 unspecified atom stereocenters. The van der Waals surface area contributed by atoms with E-state index in [4.69, 9.17) is 4.74 Å². The summed E-state index contributed by atoms with van der Waals surface area (Å²) in [6, 6.07) is 13.3. The minimum absolute atomic E-state index is 0.210. The van der Waals surface area contributed by atoms with Crippen molar-refractivity contribution in [3.8, 4) is 0 Å². The van der Waals surface area contributed by atoms with Crippen molar-refractivity contribution in [2.24, 2.45) is 0 Å². The van der Waals surface area contributed by atoms with Crippen LogP contribution in [-0.4, -0.2) is 18.1 Å². The van der Waals surface area contributed by atoms with E-state index in [-0.39, 0.29) is 6.03 Å². The second-order valence-electron chi connectivity index (χ2n) is 4.61. The molecule has 0 spiro atoms. The number of pyridine rings is 1. The summed E-state index contributed by atoms with van der Waals surface area (Å²) in [6.07, 6.45) is 1.70. The van der Waals surface area contributed by atoms with Gasteiger partial charge in [0.25, 0.3) is 0 Å². The van der Waals surface area contributed by atoms with Crippen molar-refractivity contribution in [2.75, 3.05) is 7.11 Å². The second kappa shape index (κ2) is 8.01. The fraction of sp³-hybridized carbons (Fsp3) is 0.250. The molecule has 2 amide bonds. The van der Waals surface area contributed by atoms with E-state index < -0.39 is 0 Å². The van der Waals surface area contributed by atoms with E-state index in [1.165, 1.54) is 0 Å². The Labute approximate surface area is 124 Å². The minimum Gasteiger partial charge on any atom is -0.380 e. The average molecular weight is 285 g/mol. The maximum absolute atomic E-state index is 11.7. The highest BCUT2D eigenvalue weighted by molar-refractivity contribution is 5.73. The zero-order valence-electron chi connectivity index (χ0n) is 12.0. The number of aromatic nitrogens is 1. The molecule has 1 heterocycles. The number of nitrogens with zero attached hydrogens (tertiary/aromatic N) is 1. The number of rotatable bonds is 6. The molecule has 0 aliphatic heterocycles. The summed E-state index contributed by atoms with van der Waals surface area (Å²) in [5.74, 6) is 0. The maximum Gasteiger partial charge on any atom is 0.315 e. The monoisotopic (exact) mass is 285 g/mol. The van der Waals surface area contributed by atoms with Crippen molar-refractivity contribution < 1.29 is 9.53 Å². The number of hydrogen-bond acceptors (Lipinski definition) is 3. The van der Waals surface area contributed by atoms with Gasteiger partial charge in [0.2, 0.25) is 0 Å². The lowest BCUT2D eigenvalue weighted by molar-refractivity contribution is 0.185. The zero-order valence-corrected chi connectivity index (χ0v) is 12.0. The first-order valence-electron chi connectivity index (χ1n) is 6.76. The molecule has 0 saturated carbocycles. The molecule has 2 aromatic rings. The molecule has 5 heteroatoms. The number of benzene rings is 1. The van der Waals surface area contributed by atoms with Crippen LogP contribution >= 0.6 is 0 Å². The number of amides is 2. The molecule has 1 aromatic heterocycles. The topological polar surface area (TPSA) is 63.2 Å². The fourth-order valence-corrected chi connectivity index (χ4v) is 1.91. The second-order valence-corrected chi connectivity index (χ2v) is 4.61. The highest BCUT2D eigenvalue weighted by atomic mass is 16.5. The molecule has 0 atom stereocenters. The molecule has 0 radical (unpaired) electrons. The predicted molar refractivity (Wildman–Crippen MR) is 80.5 cm³/mol. The van der Waals surface area contributed by atoms with E-state index in [9.17, 15) is 4.79 Å². The summed E-state index contributed by atoms with van der Waals surface area (Å²) < 4.78 is 5.09. The van der Waals surface area contributed by atoms with Gasteiger partial charge in [0, 0.05) is 19.9 Å². The van der Waals surface area contributed by atoms with E-state index in [0.717, 1.165) is 16.8 Å². The Morgan fingerprint density at radius 2 is 1.90 bits per heavy atom. The molecule has 0 bridgehead atoms. The molecule has 2 N–H and O–H groups in total. The van der Waals surface area contributed by atoms with Crippen molar-refractivity contribution >= 4 is 6.03 Å². The van der Waals surface area contributed by atoms with Gasteiger partial charge in [0.15, 0.2) is 0 Å². The SMILES string of the molecule is COCc1cccc(CNC(=O)NCc2ccccn2)c1. The third-order valence-corrected chi connectivity index (χ3v) is 2.91. The molecule has 1 aromatic carbocycles. The van der Waals surface area contributed by atoms with Gasteiger partial charge in [-0.3, -0.25) is 4.98 Å². The molecule has 0 saturated heterocycles. The van der Waals surface area contributed by atoms with E-state index in [2.05, 4.69) is 15.6 Å². The lowest BCUT2D eigenvalue weighted by Gasteiger charge is -2.08. The lowest BCUT2D eigenvalue weighted by Crippen LogP contribution is -2.34. The minimum atomic E-state index is -0.210. The fourth-order valence-electron chi connectivity index (χ4n) is 1.91. The van der Waals surface area contributed by atoms with Gasteiger partial charge in [-0.25, -0.2) is 4.79 Å². The summed E-state index contributed by atoms with van der Waals surface area (Å²) in [5, 5.41) is 5.59. The van der Waals surface area contributed by atoms with Gasteiger partial charge in [-0.15, -0.1) is 0 Å². The average Bonchev–Trinajstić information content (AvgIpc) is 2.53. The Morgan fingerprint density at radius 3 is 2.67 bits per heavy atom. The van der Waals surface area contributed by atoms with Gasteiger partial charge in [-0.2, -0.15) is 0 Å². The molecule has 2 rings (SSSR count). The normalized spacial score (nSPS) is 10.1. The molecule has 0 aliphatic carbocycles. The predicted octanol–water partition coefficient (Wildman–Crippen LogP) is 2.23. The number of hydrogen-bond donors (Lipinski definition) is 2. The van der Waals surface area contributed by atoms with E-state index >= 15 is 0 Å². The highest BCUT2D eigenvalue weighted by Gasteiger charge is 2.02. The first kappa shape index (κ1) is 15.0.